The fourth-order valence-corrected chi connectivity index (χ4v) is 7.43. The van der Waals surface area contributed by atoms with E-state index in [-0.39, 0.29) is 4.90 Å². The zero-order valence-electron chi connectivity index (χ0n) is 19.0. The molecule has 2 aliphatic rings. The number of rotatable bonds is 6. The summed E-state index contributed by atoms with van der Waals surface area (Å²) in [4.78, 5) is 28.5. The van der Waals surface area contributed by atoms with E-state index < -0.39 is 21.8 Å². The van der Waals surface area contributed by atoms with Crippen LogP contribution in [0.3, 0.4) is 0 Å². The number of sulfonamides is 1. The second-order valence-corrected chi connectivity index (χ2v) is 11.8. The lowest BCUT2D eigenvalue weighted by atomic mass is 10.0. The fourth-order valence-electron chi connectivity index (χ4n) is 4.54. The highest BCUT2D eigenvalue weighted by Crippen LogP contribution is 2.37. The molecule has 3 heterocycles. The van der Waals surface area contributed by atoms with Gasteiger partial charge in [0.15, 0.2) is 0 Å². The predicted molar refractivity (Wildman–Crippen MR) is 129 cm³/mol. The van der Waals surface area contributed by atoms with Gasteiger partial charge < -0.3 is 11.1 Å². The van der Waals surface area contributed by atoms with Crippen molar-refractivity contribution in [1.29, 1.82) is 0 Å². The Balaban J connectivity index is 1.53. The number of likely N-dealkylation sites (N-methyl/N-ethyl adjacent to an activating group) is 1. The minimum Gasteiger partial charge on any atom is -0.365 e. The number of nitrogens with zero attached hydrogens (tertiary/aromatic N) is 2. The van der Waals surface area contributed by atoms with Gasteiger partial charge in [0.2, 0.25) is 10.0 Å². The van der Waals surface area contributed by atoms with Gasteiger partial charge in [0.1, 0.15) is 5.00 Å². The number of nitrogens with one attached hydrogen (secondary N) is 1. The van der Waals surface area contributed by atoms with E-state index in [1.165, 1.54) is 39.9 Å². The van der Waals surface area contributed by atoms with Gasteiger partial charge in [0, 0.05) is 36.6 Å². The van der Waals surface area contributed by atoms with Crippen LogP contribution in [-0.2, 0) is 23.0 Å². The van der Waals surface area contributed by atoms with Crippen LogP contribution < -0.4 is 11.1 Å². The Labute approximate surface area is 198 Å². The van der Waals surface area contributed by atoms with Gasteiger partial charge >= 0.3 is 0 Å². The number of carbonyl (C=O) groups excluding carboxylic acids is 2. The van der Waals surface area contributed by atoms with Crippen LogP contribution in [0.5, 0.6) is 0 Å². The molecule has 0 unspecified atom stereocenters. The van der Waals surface area contributed by atoms with Crippen LogP contribution in [0.15, 0.2) is 29.2 Å². The SMILES string of the molecule is CCN1CCc2c(sc(NC(=O)c3ccc(S(=O)(=O)N4CCC[C@@H](C)C4)cc3)c2C(N)=O)C1. The summed E-state index contributed by atoms with van der Waals surface area (Å²) in [5.74, 6) is -0.622. The van der Waals surface area contributed by atoms with Gasteiger partial charge in [-0.25, -0.2) is 8.42 Å². The lowest BCUT2D eigenvalue weighted by Crippen LogP contribution is -2.39. The molecule has 1 fully saturated rings. The number of hydrogen-bond donors (Lipinski definition) is 2. The van der Waals surface area contributed by atoms with Crippen LogP contribution >= 0.6 is 11.3 Å². The molecule has 2 amide bonds. The molecule has 4 rings (SSSR count). The van der Waals surface area contributed by atoms with Gasteiger partial charge in [0.05, 0.1) is 10.5 Å². The summed E-state index contributed by atoms with van der Waals surface area (Å²) in [5, 5.41) is 3.28. The maximum Gasteiger partial charge on any atom is 0.256 e. The lowest BCUT2D eigenvalue weighted by molar-refractivity contribution is 0.1000. The summed E-state index contributed by atoms with van der Waals surface area (Å²) in [6.45, 7) is 7.66. The molecule has 33 heavy (non-hydrogen) atoms. The van der Waals surface area contributed by atoms with Crippen molar-refractivity contribution >= 4 is 38.2 Å². The highest BCUT2D eigenvalue weighted by Gasteiger charge is 2.30. The molecule has 2 aliphatic heterocycles. The molecule has 0 radical (unpaired) electrons. The van der Waals surface area contributed by atoms with Crippen molar-refractivity contribution in [2.45, 2.75) is 44.6 Å². The molecule has 1 aromatic carbocycles. The third-order valence-corrected chi connectivity index (χ3v) is 9.44. The number of nitrogens with two attached hydrogens (primary N) is 1. The molecular weight excluding hydrogens is 460 g/mol. The highest BCUT2D eigenvalue weighted by atomic mass is 32.2. The Morgan fingerprint density at radius 1 is 1.21 bits per heavy atom. The zero-order chi connectivity index (χ0) is 23.8. The minimum atomic E-state index is -3.59. The molecule has 1 saturated heterocycles. The largest absolute Gasteiger partial charge is 0.365 e. The number of hydrogen-bond acceptors (Lipinski definition) is 6. The normalized spacial score (nSPS) is 19.8. The van der Waals surface area contributed by atoms with Crippen LogP contribution in [0.4, 0.5) is 5.00 Å². The van der Waals surface area contributed by atoms with Gasteiger partial charge in [-0.2, -0.15) is 4.31 Å². The Kier molecular flexibility index (Phi) is 6.90. The number of anilines is 1. The maximum absolute atomic E-state index is 13.0. The average Bonchev–Trinajstić information content (AvgIpc) is 3.16. The zero-order valence-corrected chi connectivity index (χ0v) is 20.6. The van der Waals surface area contributed by atoms with Crippen LogP contribution in [0.1, 0.15) is 57.8 Å². The molecule has 178 valence electrons. The molecule has 0 bridgehead atoms. The van der Waals surface area contributed by atoms with Gasteiger partial charge in [-0.05, 0) is 61.6 Å². The number of benzene rings is 1. The molecule has 2 aromatic rings. The topological polar surface area (TPSA) is 113 Å². The summed E-state index contributed by atoms with van der Waals surface area (Å²) in [6.07, 6.45) is 2.60. The molecule has 0 aliphatic carbocycles. The first-order valence-electron chi connectivity index (χ1n) is 11.3. The monoisotopic (exact) mass is 490 g/mol. The Bertz CT molecular complexity index is 1160. The molecule has 10 heteroatoms. The van der Waals surface area contributed by atoms with Crippen molar-refractivity contribution in [1.82, 2.24) is 9.21 Å². The Morgan fingerprint density at radius 3 is 2.58 bits per heavy atom. The van der Waals surface area contributed by atoms with Crippen molar-refractivity contribution in [2.75, 3.05) is 31.5 Å². The molecule has 1 aromatic heterocycles. The second kappa shape index (κ2) is 9.54. The smallest absolute Gasteiger partial charge is 0.256 e. The van der Waals surface area contributed by atoms with Crippen molar-refractivity contribution in [2.24, 2.45) is 11.7 Å². The molecular formula is C23H30N4O4S2. The number of piperidine rings is 1. The van der Waals surface area contributed by atoms with Crippen LogP contribution in [0.25, 0.3) is 0 Å². The van der Waals surface area contributed by atoms with Crippen molar-refractivity contribution in [3.8, 4) is 0 Å². The van der Waals surface area contributed by atoms with E-state index in [9.17, 15) is 18.0 Å². The molecule has 0 spiro atoms. The molecule has 0 saturated carbocycles. The van der Waals surface area contributed by atoms with E-state index in [0.717, 1.165) is 49.3 Å². The van der Waals surface area contributed by atoms with Crippen molar-refractivity contribution in [3.63, 3.8) is 0 Å². The first-order valence-corrected chi connectivity index (χ1v) is 13.5. The average molecular weight is 491 g/mol. The quantitative estimate of drug-likeness (QED) is 0.647. The number of thiophene rings is 1. The Hall–Kier alpha value is -2.27. The number of primary amides is 1. The Morgan fingerprint density at radius 2 is 1.94 bits per heavy atom. The molecule has 3 N–H and O–H groups in total. The van der Waals surface area contributed by atoms with Crippen LogP contribution in [0.2, 0.25) is 0 Å². The standard InChI is InChI=1S/C23H30N4O4S2/c1-3-26-12-10-18-19(14-26)32-23(20(18)21(24)28)25-22(29)16-6-8-17(9-7-16)33(30,31)27-11-4-5-15(2)13-27/h6-9,15H,3-5,10-14H2,1-2H3,(H2,24,28)(H,25,29)/t15-/m1/s1. The van der Waals surface area contributed by atoms with E-state index in [0.29, 0.717) is 35.1 Å². The van der Waals surface area contributed by atoms with Gasteiger partial charge in [-0.15, -0.1) is 11.3 Å². The summed E-state index contributed by atoms with van der Waals surface area (Å²) in [7, 11) is -3.59. The molecule has 1 atom stereocenters. The van der Waals surface area contributed by atoms with E-state index in [2.05, 4.69) is 24.1 Å². The molecule has 8 nitrogen and oxygen atoms in total. The second-order valence-electron chi connectivity index (χ2n) is 8.78. The van der Waals surface area contributed by atoms with Crippen molar-refractivity contribution < 1.29 is 18.0 Å². The lowest BCUT2D eigenvalue weighted by Gasteiger charge is -2.30. The van der Waals surface area contributed by atoms with E-state index >= 15 is 0 Å². The summed E-state index contributed by atoms with van der Waals surface area (Å²) >= 11 is 1.38. The van der Waals surface area contributed by atoms with Gasteiger partial charge in [-0.1, -0.05) is 13.8 Å². The number of amides is 2. The first-order chi connectivity index (χ1) is 15.7. The number of fused-ring (bicyclic) bond motifs is 1. The van der Waals surface area contributed by atoms with Crippen LogP contribution in [0, 0.1) is 5.92 Å². The third kappa shape index (κ3) is 4.84. The minimum absolute atomic E-state index is 0.178. The first kappa shape index (κ1) is 23.9. The predicted octanol–water partition coefficient (Wildman–Crippen LogP) is 2.90. The van der Waals surface area contributed by atoms with Gasteiger partial charge in [-0.3, -0.25) is 14.5 Å². The summed E-state index contributed by atoms with van der Waals surface area (Å²) in [6, 6.07) is 5.95. The highest BCUT2D eigenvalue weighted by molar-refractivity contribution is 7.89. The summed E-state index contributed by atoms with van der Waals surface area (Å²) in [5.41, 5.74) is 7.27. The van der Waals surface area contributed by atoms with Gasteiger partial charge in [0.25, 0.3) is 11.8 Å². The third-order valence-electron chi connectivity index (χ3n) is 6.43. The van der Waals surface area contributed by atoms with E-state index in [4.69, 9.17) is 5.73 Å². The maximum atomic E-state index is 13.0. The fraction of sp³-hybridized carbons (Fsp3) is 0.478. The van der Waals surface area contributed by atoms with E-state index in [1.807, 2.05) is 0 Å². The van der Waals surface area contributed by atoms with E-state index in [1.54, 1.807) is 0 Å². The van der Waals surface area contributed by atoms with Crippen molar-refractivity contribution in [3.05, 3.63) is 45.8 Å². The van der Waals surface area contributed by atoms with Crippen LogP contribution in [-0.4, -0.2) is 55.6 Å². The number of carbonyl (C=O) groups is 2. The summed E-state index contributed by atoms with van der Waals surface area (Å²) < 4.78 is 27.4.